The molecule has 0 radical (unpaired) electrons. The van der Waals surface area contributed by atoms with Gasteiger partial charge in [-0.05, 0) is 13.8 Å². The van der Waals surface area contributed by atoms with Crippen molar-refractivity contribution >= 4 is 27.2 Å². The fourth-order valence-corrected chi connectivity index (χ4v) is 2.28. The maximum absolute atomic E-state index is 11.8. The molecule has 0 amide bonds. The Balaban J connectivity index is 4.25. The van der Waals surface area contributed by atoms with Gasteiger partial charge in [-0.25, -0.2) is 12.7 Å². The molecule has 1 atom stereocenters. The molecular formula is C10H22N2O3S2. The fraction of sp³-hybridized carbons (Fsp3) is 0.900. The van der Waals surface area contributed by atoms with E-state index in [1.165, 1.54) is 11.4 Å². The second-order valence-electron chi connectivity index (χ2n) is 4.32. The Bertz CT molecular complexity index is 341. The number of hydrogen-bond acceptors (Lipinski definition) is 4. The van der Waals surface area contributed by atoms with Gasteiger partial charge in [-0.2, -0.15) is 0 Å². The molecule has 0 aliphatic carbocycles. The van der Waals surface area contributed by atoms with E-state index in [1.54, 1.807) is 6.92 Å². The van der Waals surface area contributed by atoms with E-state index in [2.05, 4.69) is 0 Å². The first kappa shape index (κ1) is 16.8. The van der Waals surface area contributed by atoms with Gasteiger partial charge in [0.2, 0.25) is 10.0 Å². The van der Waals surface area contributed by atoms with Crippen LogP contribution in [-0.2, 0) is 14.8 Å². The van der Waals surface area contributed by atoms with Crippen molar-refractivity contribution in [3.8, 4) is 0 Å². The molecule has 2 N–H and O–H groups in total. The van der Waals surface area contributed by atoms with E-state index in [0.29, 0.717) is 11.5 Å². The molecule has 0 spiro atoms. The second-order valence-corrected chi connectivity index (χ2v) is 6.99. The Hall–Kier alpha value is -0.240. The van der Waals surface area contributed by atoms with Crippen LogP contribution in [0.1, 0.15) is 20.8 Å². The third-order valence-corrected chi connectivity index (χ3v) is 4.47. The van der Waals surface area contributed by atoms with Gasteiger partial charge >= 0.3 is 0 Å². The maximum atomic E-state index is 11.8. The summed E-state index contributed by atoms with van der Waals surface area (Å²) in [5, 5.41) is 0. The fourth-order valence-electron chi connectivity index (χ4n) is 1.13. The lowest BCUT2D eigenvalue weighted by molar-refractivity contribution is 0.0907. The Morgan fingerprint density at radius 1 is 1.41 bits per heavy atom. The molecule has 17 heavy (non-hydrogen) atoms. The summed E-state index contributed by atoms with van der Waals surface area (Å²) in [7, 11) is -1.76. The van der Waals surface area contributed by atoms with Crippen LogP contribution in [0.4, 0.5) is 0 Å². The molecule has 0 fully saturated rings. The number of hydrogen-bond donors (Lipinski definition) is 1. The number of thiocarbonyl (C=S) groups is 1. The van der Waals surface area contributed by atoms with Crippen molar-refractivity contribution in [1.82, 2.24) is 4.31 Å². The van der Waals surface area contributed by atoms with Gasteiger partial charge < -0.3 is 10.5 Å². The minimum Gasteiger partial charge on any atom is -0.393 e. The van der Waals surface area contributed by atoms with Gasteiger partial charge in [0.25, 0.3) is 0 Å². The molecule has 0 bridgehead atoms. The number of rotatable bonds is 8. The lowest BCUT2D eigenvalue weighted by atomic mass is 10.2. The van der Waals surface area contributed by atoms with Crippen LogP contribution >= 0.6 is 12.2 Å². The van der Waals surface area contributed by atoms with E-state index in [1.807, 2.05) is 13.8 Å². The standard InChI is InChI=1S/C10H22N2O3S2/c1-8(2)15-5-6-17(13,14)12(4)7-9(3)10(11)16/h8-9H,5-7H2,1-4H3,(H2,11,16). The van der Waals surface area contributed by atoms with Crippen LogP contribution in [0.15, 0.2) is 0 Å². The van der Waals surface area contributed by atoms with E-state index in [4.69, 9.17) is 22.7 Å². The molecule has 0 rings (SSSR count). The van der Waals surface area contributed by atoms with Crippen molar-refractivity contribution in [3.63, 3.8) is 0 Å². The van der Waals surface area contributed by atoms with Crippen molar-refractivity contribution in [2.75, 3.05) is 26.0 Å². The summed E-state index contributed by atoms with van der Waals surface area (Å²) in [6, 6.07) is 0. The van der Waals surface area contributed by atoms with Crippen molar-refractivity contribution in [2.24, 2.45) is 11.7 Å². The number of sulfonamides is 1. The van der Waals surface area contributed by atoms with Gasteiger partial charge in [0, 0.05) is 19.5 Å². The van der Waals surface area contributed by atoms with Crippen LogP contribution in [0.5, 0.6) is 0 Å². The Morgan fingerprint density at radius 2 is 1.94 bits per heavy atom. The topological polar surface area (TPSA) is 72.6 Å². The van der Waals surface area contributed by atoms with E-state index < -0.39 is 10.0 Å². The minimum atomic E-state index is -3.29. The molecule has 7 heteroatoms. The van der Waals surface area contributed by atoms with Gasteiger partial charge in [0.1, 0.15) is 0 Å². The highest BCUT2D eigenvalue weighted by molar-refractivity contribution is 7.89. The van der Waals surface area contributed by atoms with Gasteiger partial charge in [-0.15, -0.1) is 0 Å². The molecule has 5 nitrogen and oxygen atoms in total. The molecular weight excluding hydrogens is 260 g/mol. The number of ether oxygens (including phenoxy) is 1. The quantitative estimate of drug-likeness (QED) is 0.660. The summed E-state index contributed by atoms with van der Waals surface area (Å²) in [6.07, 6.45) is 0.0334. The SMILES string of the molecule is CC(C)OCCS(=O)(=O)N(C)CC(C)C(N)=S. The lowest BCUT2D eigenvalue weighted by Crippen LogP contribution is -2.37. The first-order chi connectivity index (χ1) is 7.66. The molecule has 0 aromatic carbocycles. The highest BCUT2D eigenvalue weighted by atomic mass is 32.2. The van der Waals surface area contributed by atoms with Crippen molar-refractivity contribution in [3.05, 3.63) is 0 Å². The molecule has 0 aromatic heterocycles. The summed E-state index contributed by atoms with van der Waals surface area (Å²) in [5.41, 5.74) is 5.45. The Labute approximate surface area is 109 Å². The molecule has 102 valence electrons. The van der Waals surface area contributed by atoms with E-state index >= 15 is 0 Å². The largest absolute Gasteiger partial charge is 0.393 e. The summed E-state index contributed by atoms with van der Waals surface area (Å²) in [4.78, 5) is 0.325. The Kier molecular flexibility index (Phi) is 7.15. The smallest absolute Gasteiger partial charge is 0.216 e. The third-order valence-electron chi connectivity index (χ3n) is 2.28. The summed E-state index contributed by atoms with van der Waals surface area (Å²) in [6.45, 7) is 6.04. The maximum Gasteiger partial charge on any atom is 0.216 e. The third kappa shape index (κ3) is 6.92. The predicted molar refractivity (Wildman–Crippen MR) is 73.5 cm³/mol. The minimum absolute atomic E-state index is 0.0221. The summed E-state index contributed by atoms with van der Waals surface area (Å²) < 4.78 is 30.2. The molecule has 0 saturated heterocycles. The normalized spacial score (nSPS) is 14.2. The highest BCUT2D eigenvalue weighted by Crippen LogP contribution is 2.05. The van der Waals surface area contributed by atoms with E-state index in [9.17, 15) is 8.42 Å². The lowest BCUT2D eigenvalue weighted by Gasteiger charge is -2.20. The van der Waals surface area contributed by atoms with Crippen LogP contribution in [0.25, 0.3) is 0 Å². The molecule has 0 saturated carbocycles. The van der Waals surface area contributed by atoms with E-state index in [0.717, 1.165) is 0 Å². The summed E-state index contributed by atoms with van der Waals surface area (Å²) in [5.74, 6) is -0.151. The van der Waals surface area contributed by atoms with Gasteiger partial charge in [-0.1, -0.05) is 19.1 Å². The predicted octanol–water partition coefficient (Wildman–Crippen LogP) is 0.595. The number of nitrogens with zero attached hydrogens (tertiary/aromatic N) is 1. The van der Waals surface area contributed by atoms with Crippen LogP contribution in [0.2, 0.25) is 0 Å². The Morgan fingerprint density at radius 3 is 2.35 bits per heavy atom. The van der Waals surface area contributed by atoms with E-state index in [-0.39, 0.29) is 24.4 Å². The zero-order valence-electron chi connectivity index (χ0n) is 10.8. The highest BCUT2D eigenvalue weighted by Gasteiger charge is 2.20. The molecule has 0 heterocycles. The average molecular weight is 282 g/mol. The monoisotopic (exact) mass is 282 g/mol. The molecule has 0 aliphatic heterocycles. The van der Waals surface area contributed by atoms with Crippen molar-refractivity contribution in [1.29, 1.82) is 0 Å². The number of nitrogens with two attached hydrogens (primary N) is 1. The zero-order chi connectivity index (χ0) is 13.6. The van der Waals surface area contributed by atoms with Crippen molar-refractivity contribution in [2.45, 2.75) is 26.9 Å². The van der Waals surface area contributed by atoms with Crippen molar-refractivity contribution < 1.29 is 13.2 Å². The van der Waals surface area contributed by atoms with Crippen LogP contribution in [0.3, 0.4) is 0 Å². The second kappa shape index (κ2) is 7.25. The molecule has 1 unspecified atom stereocenters. The molecule has 0 aliphatic rings. The summed E-state index contributed by atoms with van der Waals surface area (Å²) >= 11 is 4.81. The van der Waals surface area contributed by atoms with Crippen LogP contribution < -0.4 is 5.73 Å². The van der Waals surface area contributed by atoms with Crippen LogP contribution in [-0.4, -0.2) is 49.8 Å². The zero-order valence-corrected chi connectivity index (χ0v) is 12.5. The van der Waals surface area contributed by atoms with Gasteiger partial charge in [-0.3, -0.25) is 0 Å². The first-order valence-electron chi connectivity index (χ1n) is 5.51. The van der Waals surface area contributed by atoms with Crippen LogP contribution in [0, 0.1) is 5.92 Å². The average Bonchev–Trinajstić information content (AvgIpc) is 2.16. The van der Waals surface area contributed by atoms with Gasteiger partial charge in [0.15, 0.2) is 0 Å². The first-order valence-corrected chi connectivity index (χ1v) is 7.53. The van der Waals surface area contributed by atoms with Gasteiger partial charge in [0.05, 0.1) is 23.5 Å². The molecule has 0 aromatic rings.